The monoisotopic (exact) mass is 276 g/mol. The van der Waals surface area contributed by atoms with Gasteiger partial charge in [-0.2, -0.15) is 0 Å². The number of amides is 1. The molecule has 0 aliphatic heterocycles. The van der Waals surface area contributed by atoms with Crippen LogP contribution in [0.3, 0.4) is 0 Å². The first-order valence-electron chi connectivity index (χ1n) is 5.02. The molecule has 9 heteroatoms. The van der Waals surface area contributed by atoms with Crippen molar-refractivity contribution in [2.75, 3.05) is 26.7 Å². The van der Waals surface area contributed by atoms with Crippen LogP contribution >= 0.6 is 17.4 Å². The number of carbonyl (C=O) groups is 2. The summed E-state index contributed by atoms with van der Waals surface area (Å²) in [6.45, 7) is 2.09. The van der Waals surface area contributed by atoms with E-state index in [9.17, 15) is 9.59 Å². The summed E-state index contributed by atoms with van der Waals surface area (Å²) in [5, 5.41) is 2.99. The molecule has 0 heterocycles. The Morgan fingerprint density at radius 1 is 1.65 bits per heavy atom. The van der Waals surface area contributed by atoms with Gasteiger partial charge in [0.25, 0.3) is 0 Å². The van der Waals surface area contributed by atoms with Crippen molar-refractivity contribution in [3.05, 3.63) is 0 Å². The molecule has 3 unspecified atom stereocenters. The Labute approximate surface area is 106 Å². The van der Waals surface area contributed by atoms with Gasteiger partial charge in [-0.15, -0.1) is 0 Å². The van der Waals surface area contributed by atoms with Gasteiger partial charge in [0.1, 0.15) is 0 Å². The van der Waals surface area contributed by atoms with E-state index in [1.54, 1.807) is 7.05 Å². The summed E-state index contributed by atoms with van der Waals surface area (Å²) in [7, 11) is 9.04. The van der Waals surface area contributed by atoms with Crippen LogP contribution < -0.4 is 5.32 Å². The van der Waals surface area contributed by atoms with E-state index < -0.39 is 5.97 Å². The number of rotatable bonds is 8. The summed E-state index contributed by atoms with van der Waals surface area (Å²) in [6, 6.07) is 0.0722. The summed E-state index contributed by atoms with van der Waals surface area (Å²) < 4.78 is 4.79. The maximum atomic E-state index is 11.6. The molecule has 17 heavy (non-hydrogen) atoms. The van der Waals surface area contributed by atoms with Crippen LogP contribution in [0.2, 0.25) is 0 Å². The minimum atomic E-state index is -0.438. The third-order valence-electron chi connectivity index (χ3n) is 2.06. The Bertz CT molecular complexity index is 281. The van der Waals surface area contributed by atoms with Gasteiger partial charge in [0, 0.05) is 0 Å². The molecule has 0 saturated carbocycles. The first kappa shape index (κ1) is 16.6. The van der Waals surface area contributed by atoms with Crippen molar-refractivity contribution >= 4 is 36.9 Å². The van der Waals surface area contributed by atoms with E-state index >= 15 is 0 Å². The van der Waals surface area contributed by atoms with Gasteiger partial charge in [-0.05, 0) is 0 Å². The van der Waals surface area contributed by atoms with Gasteiger partial charge in [-0.3, -0.25) is 0 Å². The number of carbonyl (C=O) groups excluding carboxylic acids is 2. The Hall–Kier alpha value is -0.375. The molecule has 1 N–H and O–H groups in total. The predicted octanol–water partition coefficient (Wildman–Crippen LogP) is -0.298. The molecule has 1 radical (unpaired) electrons. The van der Waals surface area contributed by atoms with Crippen molar-refractivity contribution < 1.29 is 14.1 Å². The van der Waals surface area contributed by atoms with Gasteiger partial charge in [0.15, 0.2) is 0 Å². The average molecular weight is 276 g/mol. The van der Waals surface area contributed by atoms with Crippen molar-refractivity contribution in [3.8, 4) is 0 Å². The average Bonchev–Trinajstić information content (AvgIpc) is 2.28. The van der Waals surface area contributed by atoms with Gasteiger partial charge in [0.05, 0.1) is 0 Å². The van der Waals surface area contributed by atoms with E-state index in [1.807, 2.05) is 6.92 Å². The van der Waals surface area contributed by atoms with Crippen LogP contribution in [0.4, 0.5) is 0 Å². The zero-order chi connectivity index (χ0) is 13.3. The molecule has 0 rings (SSSR count). The van der Waals surface area contributed by atoms with Gasteiger partial charge in [-0.1, -0.05) is 0 Å². The number of hydrogen-bond donors (Lipinski definition) is 1. The Morgan fingerprint density at radius 3 is 2.76 bits per heavy atom. The molecule has 0 aliphatic carbocycles. The van der Waals surface area contributed by atoms with Crippen LogP contribution in [0.1, 0.15) is 6.92 Å². The molecule has 95 valence electrons. The second-order valence-corrected chi connectivity index (χ2v) is 4.54. The van der Waals surface area contributed by atoms with Crippen molar-refractivity contribution in [3.63, 3.8) is 0 Å². The summed E-state index contributed by atoms with van der Waals surface area (Å²) in [5.74, 6) is -0.731. The summed E-state index contributed by atoms with van der Waals surface area (Å²) in [5.41, 5.74) is 0. The van der Waals surface area contributed by atoms with E-state index in [0.29, 0.717) is 6.54 Å². The predicted molar refractivity (Wildman–Crippen MR) is 72.3 cm³/mol. The molecular formula is C8H17BN3O3P2. The fourth-order valence-electron chi connectivity index (χ4n) is 1.11. The molecule has 0 aromatic carbocycles. The standard InChI is InChI=1S/C8H17BN3O3P2/c1-6(10-2)4-12(7(13)3-11-9)5-8(14)15-17-16/h6,10,17H,3-5,16H2,1-2H3. The number of nitrogens with zero attached hydrogens (tertiary/aromatic N) is 2. The molecule has 0 spiro atoms. The second-order valence-electron chi connectivity index (χ2n) is 3.40. The quantitative estimate of drug-likeness (QED) is 0.488. The Morgan fingerprint density at radius 2 is 2.29 bits per heavy atom. The van der Waals surface area contributed by atoms with Crippen LogP contribution in [0.15, 0.2) is 4.90 Å². The number of likely N-dealkylation sites (N-methyl/N-ethyl adjacent to an activating group) is 1. The van der Waals surface area contributed by atoms with Gasteiger partial charge >= 0.3 is 106 Å². The fourth-order valence-corrected chi connectivity index (χ4v) is 1.70. The molecular weight excluding hydrogens is 259 g/mol. The normalized spacial score (nSPS) is 12.4. The molecule has 0 aromatic rings. The van der Waals surface area contributed by atoms with Crippen LogP contribution in [0.5, 0.6) is 0 Å². The molecule has 0 aliphatic rings. The zero-order valence-electron chi connectivity index (χ0n) is 9.97. The Kier molecular flexibility index (Phi) is 9.42. The molecule has 0 aromatic heterocycles. The maximum absolute atomic E-state index is 11.6. The van der Waals surface area contributed by atoms with Crippen LogP contribution in [-0.2, 0) is 14.1 Å². The van der Waals surface area contributed by atoms with Crippen molar-refractivity contribution in [2.24, 2.45) is 4.90 Å². The minimum absolute atomic E-state index is 0.00626. The van der Waals surface area contributed by atoms with Gasteiger partial charge in [0.2, 0.25) is 0 Å². The topological polar surface area (TPSA) is 71.0 Å². The van der Waals surface area contributed by atoms with Crippen molar-refractivity contribution in [1.29, 1.82) is 0 Å². The van der Waals surface area contributed by atoms with Crippen LogP contribution in [-0.4, -0.2) is 57.1 Å². The van der Waals surface area contributed by atoms with E-state index in [4.69, 9.17) is 12.2 Å². The van der Waals surface area contributed by atoms with Crippen LogP contribution in [0, 0.1) is 0 Å². The summed E-state index contributed by atoms with van der Waals surface area (Å²) >= 11 is 0. The first-order valence-corrected chi connectivity index (χ1v) is 7.73. The molecule has 0 saturated heterocycles. The molecule has 6 nitrogen and oxygen atoms in total. The van der Waals surface area contributed by atoms with Crippen molar-refractivity contribution in [1.82, 2.24) is 10.2 Å². The Balaban J connectivity index is 4.43. The second kappa shape index (κ2) is 9.63. The fraction of sp³-hybridized carbons (Fsp3) is 0.750. The molecule has 0 bridgehead atoms. The van der Waals surface area contributed by atoms with Gasteiger partial charge < -0.3 is 0 Å². The summed E-state index contributed by atoms with van der Waals surface area (Å²) in [4.78, 5) is 27.6. The first-order chi connectivity index (χ1) is 8.04. The SMILES string of the molecule is [B]=NCC(=O)N(CC(=O)OPP)CC(C)NC. The van der Waals surface area contributed by atoms with E-state index in [0.717, 1.165) is 0 Å². The number of hydrogen-bond acceptors (Lipinski definition) is 5. The summed E-state index contributed by atoms with van der Waals surface area (Å²) in [6.07, 6.45) is 0. The molecule has 3 atom stereocenters. The third-order valence-corrected chi connectivity index (χ3v) is 2.76. The van der Waals surface area contributed by atoms with Crippen molar-refractivity contribution in [2.45, 2.75) is 13.0 Å². The third kappa shape index (κ3) is 7.53. The molecule has 0 fully saturated rings. The van der Waals surface area contributed by atoms with Crippen LogP contribution in [0.25, 0.3) is 0 Å². The van der Waals surface area contributed by atoms with E-state index in [-0.39, 0.29) is 33.5 Å². The van der Waals surface area contributed by atoms with E-state index in [1.165, 1.54) is 4.90 Å². The molecule has 1 amide bonds. The van der Waals surface area contributed by atoms with Gasteiger partial charge in [-0.25, -0.2) is 0 Å². The van der Waals surface area contributed by atoms with E-state index in [2.05, 4.69) is 19.1 Å². The zero-order valence-corrected chi connectivity index (χ0v) is 12.1. The number of nitrogens with one attached hydrogen (secondary N) is 1.